The molecule has 0 spiro atoms. The Labute approximate surface area is 60.4 Å². The Bertz CT molecular complexity index is 154. The van der Waals surface area contributed by atoms with Crippen molar-refractivity contribution in [2.45, 2.75) is 25.6 Å². The summed E-state index contributed by atoms with van der Waals surface area (Å²) in [6, 6.07) is 0. The first kappa shape index (κ1) is 10.1. The van der Waals surface area contributed by atoms with Gasteiger partial charge in [-0.1, -0.05) is 6.92 Å². The Morgan fingerprint density at radius 3 is 2.20 bits per heavy atom. The molecule has 10 heavy (non-hydrogen) atoms. The molecule has 0 aromatic heterocycles. The Hall–Kier alpha value is 0.110. The Balaban J connectivity index is 4.45. The van der Waals surface area contributed by atoms with Crippen LogP contribution in [0.25, 0.3) is 0 Å². The highest BCUT2D eigenvalue weighted by molar-refractivity contribution is 7.54. The van der Waals surface area contributed by atoms with Crippen LogP contribution in [-0.2, 0) is 9.09 Å². The smallest absolute Gasteiger partial charge is 0.358 e. The lowest BCUT2D eigenvalue weighted by molar-refractivity contribution is 0.0982. The highest BCUT2D eigenvalue weighted by atomic mass is 31.2. The molecule has 0 bridgehead atoms. The first-order chi connectivity index (χ1) is 4.37. The summed E-state index contributed by atoms with van der Waals surface area (Å²) in [6.45, 7) is 2.89. The normalized spacial score (nSPS) is 23.3. The fraction of sp³-hybridized carbons (Fsp3) is 1.00. The summed E-state index contributed by atoms with van der Waals surface area (Å²) >= 11 is 0. The molecule has 0 aliphatic carbocycles. The second-order valence-electron chi connectivity index (χ2n) is 2.27. The van der Waals surface area contributed by atoms with Crippen molar-refractivity contribution in [1.82, 2.24) is 0 Å². The van der Waals surface area contributed by atoms with Crippen molar-refractivity contribution >= 4 is 7.60 Å². The molecule has 5 heteroatoms. The lowest BCUT2D eigenvalue weighted by Gasteiger charge is -2.24. The van der Waals surface area contributed by atoms with Crippen LogP contribution < -0.4 is 0 Å². The van der Waals surface area contributed by atoms with Crippen molar-refractivity contribution in [2.24, 2.45) is 0 Å². The molecule has 0 saturated heterocycles. The molecule has 0 aliphatic heterocycles. The fourth-order valence-corrected chi connectivity index (χ4v) is 1.19. The summed E-state index contributed by atoms with van der Waals surface area (Å²) < 4.78 is 15.2. The van der Waals surface area contributed by atoms with Crippen molar-refractivity contribution < 1.29 is 19.1 Å². The van der Waals surface area contributed by atoms with E-state index >= 15 is 0 Å². The predicted molar refractivity (Wildman–Crippen MR) is 37.7 cm³/mol. The van der Waals surface area contributed by atoms with Gasteiger partial charge in [-0.15, -0.1) is 0 Å². The van der Waals surface area contributed by atoms with E-state index in [4.69, 9.17) is 4.89 Å². The Kier molecular flexibility index (Phi) is 3.04. The highest BCUT2D eigenvalue weighted by Crippen LogP contribution is 2.54. The van der Waals surface area contributed by atoms with E-state index in [9.17, 15) is 9.67 Å². The average molecular weight is 168 g/mol. The molecule has 0 aromatic carbocycles. The molecule has 0 amide bonds. The molecule has 2 unspecified atom stereocenters. The maximum Gasteiger partial charge on any atom is 0.358 e. The SMILES string of the molecule is CCC(C)(O)P(=O)(O)OC. The number of hydrogen-bond donors (Lipinski definition) is 2. The first-order valence-corrected chi connectivity index (χ1v) is 4.56. The molecular weight excluding hydrogens is 155 g/mol. The molecule has 0 aliphatic rings. The van der Waals surface area contributed by atoms with Gasteiger partial charge in [-0.05, 0) is 13.3 Å². The zero-order valence-corrected chi connectivity index (χ0v) is 7.26. The minimum Gasteiger partial charge on any atom is -0.378 e. The summed E-state index contributed by atoms with van der Waals surface area (Å²) in [4.78, 5) is 8.93. The Morgan fingerprint density at radius 2 is 2.10 bits per heavy atom. The van der Waals surface area contributed by atoms with E-state index < -0.39 is 12.9 Å². The van der Waals surface area contributed by atoms with Crippen LogP contribution in [0.3, 0.4) is 0 Å². The molecule has 0 aromatic rings. The molecule has 0 fully saturated rings. The van der Waals surface area contributed by atoms with Crippen LogP contribution in [0.4, 0.5) is 0 Å². The fourth-order valence-electron chi connectivity index (χ4n) is 0.396. The van der Waals surface area contributed by atoms with Crippen molar-refractivity contribution in [3.05, 3.63) is 0 Å². The van der Waals surface area contributed by atoms with Crippen LogP contribution in [0.5, 0.6) is 0 Å². The minimum atomic E-state index is -3.82. The number of aliphatic hydroxyl groups is 1. The van der Waals surface area contributed by atoms with Gasteiger partial charge in [0.2, 0.25) is 0 Å². The summed E-state index contributed by atoms with van der Waals surface area (Å²) in [6.07, 6.45) is 0.189. The topological polar surface area (TPSA) is 66.8 Å². The summed E-state index contributed by atoms with van der Waals surface area (Å²) in [5, 5.41) is 7.59. The molecule has 62 valence electrons. The zero-order valence-electron chi connectivity index (χ0n) is 6.37. The van der Waals surface area contributed by atoms with E-state index in [0.29, 0.717) is 0 Å². The maximum absolute atomic E-state index is 10.9. The minimum absolute atomic E-state index is 0.189. The van der Waals surface area contributed by atoms with E-state index in [1.54, 1.807) is 6.92 Å². The second kappa shape index (κ2) is 3.01. The third kappa shape index (κ3) is 1.80. The van der Waals surface area contributed by atoms with E-state index in [1.165, 1.54) is 6.92 Å². The van der Waals surface area contributed by atoms with Gasteiger partial charge in [-0.2, -0.15) is 0 Å². The number of rotatable bonds is 3. The van der Waals surface area contributed by atoms with E-state index in [-0.39, 0.29) is 6.42 Å². The first-order valence-electron chi connectivity index (χ1n) is 2.98. The van der Waals surface area contributed by atoms with Crippen LogP contribution in [0, 0.1) is 0 Å². The largest absolute Gasteiger partial charge is 0.378 e. The van der Waals surface area contributed by atoms with Gasteiger partial charge in [-0.3, -0.25) is 4.57 Å². The zero-order chi connectivity index (χ0) is 8.41. The lowest BCUT2D eigenvalue weighted by Crippen LogP contribution is -2.23. The van der Waals surface area contributed by atoms with Gasteiger partial charge in [0, 0.05) is 7.11 Å². The van der Waals surface area contributed by atoms with Gasteiger partial charge in [-0.25, -0.2) is 0 Å². The maximum atomic E-state index is 10.9. The molecule has 2 atom stereocenters. The predicted octanol–water partition coefficient (Wildman–Crippen LogP) is 0.937. The monoisotopic (exact) mass is 168 g/mol. The summed E-state index contributed by atoms with van der Waals surface area (Å²) in [7, 11) is -2.72. The van der Waals surface area contributed by atoms with Gasteiger partial charge < -0.3 is 14.5 Å². The van der Waals surface area contributed by atoms with Crippen LogP contribution in [-0.4, -0.2) is 22.5 Å². The van der Waals surface area contributed by atoms with Crippen molar-refractivity contribution in [3.8, 4) is 0 Å². The van der Waals surface area contributed by atoms with Gasteiger partial charge in [0.15, 0.2) is 5.34 Å². The van der Waals surface area contributed by atoms with Crippen molar-refractivity contribution in [2.75, 3.05) is 7.11 Å². The second-order valence-corrected chi connectivity index (χ2v) is 4.64. The molecule has 0 saturated carbocycles. The molecule has 0 radical (unpaired) electrons. The Morgan fingerprint density at radius 1 is 1.70 bits per heavy atom. The standard InChI is InChI=1S/C5H13O4P/c1-4-5(2,6)10(7,8)9-3/h6H,4H2,1-3H3,(H,7,8). The van der Waals surface area contributed by atoms with Crippen LogP contribution in [0.1, 0.15) is 20.3 Å². The van der Waals surface area contributed by atoms with Crippen LogP contribution in [0.15, 0.2) is 0 Å². The van der Waals surface area contributed by atoms with Gasteiger partial charge in [0.25, 0.3) is 0 Å². The molecule has 4 nitrogen and oxygen atoms in total. The van der Waals surface area contributed by atoms with Crippen molar-refractivity contribution in [1.29, 1.82) is 0 Å². The van der Waals surface area contributed by atoms with Gasteiger partial charge in [0.05, 0.1) is 0 Å². The molecule has 0 heterocycles. The van der Waals surface area contributed by atoms with E-state index in [2.05, 4.69) is 4.52 Å². The van der Waals surface area contributed by atoms with Gasteiger partial charge in [0.1, 0.15) is 0 Å². The van der Waals surface area contributed by atoms with Gasteiger partial charge >= 0.3 is 7.60 Å². The average Bonchev–Trinajstić information content (AvgIpc) is 1.88. The van der Waals surface area contributed by atoms with E-state index in [0.717, 1.165) is 7.11 Å². The molecular formula is C5H13O4P. The molecule has 0 rings (SSSR count). The van der Waals surface area contributed by atoms with Crippen molar-refractivity contribution in [3.63, 3.8) is 0 Å². The van der Waals surface area contributed by atoms with Crippen LogP contribution >= 0.6 is 7.60 Å². The third-order valence-corrected chi connectivity index (χ3v) is 3.55. The van der Waals surface area contributed by atoms with Crippen LogP contribution in [0.2, 0.25) is 0 Å². The summed E-state index contributed by atoms with van der Waals surface area (Å²) in [5.74, 6) is 0. The lowest BCUT2D eigenvalue weighted by atomic mass is 10.3. The quantitative estimate of drug-likeness (QED) is 0.615. The number of hydrogen-bond acceptors (Lipinski definition) is 3. The molecule has 2 N–H and O–H groups in total. The summed E-state index contributed by atoms with van der Waals surface area (Å²) in [5.41, 5.74) is 0. The van der Waals surface area contributed by atoms with E-state index in [1.807, 2.05) is 0 Å². The highest BCUT2D eigenvalue weighted by Gasteiger charge is 2.40. The third-order valence-electron chi connectivity index (χ3n) is 1.53.